The minimum absolute atomic E-state index is 0.0448. The second-order valence-electron chi connectivity index (χ2n) is 11.5. The lowest BCUT2D eigenvalue weighted by atomic mass is 9.70. The number of hydrogen-bond acceptors (Lipinski definition) is 5. The van der Waals surface area contributed by atoms with Crippen molar-refractivity contribution in [3.05, 3.63) is 163 Å². The minimum Gasteiger partial charge on any atom is -0.375 e. The van der Waals surface area contributed by atoms with Gasteiger partial charge in [-0.15, -0.1) is 0 Å². The van der Waals surface area contributed by atoms with Crippen molar-refractivity contribution in [2.45, 2.75) is 17.5 Å². The lowest BCUT2D eigenvalue weighted by Gasteiger charge is -2.41. The third kappa shape index (κ3) is 5.80. The average Bonchev–Trinajstić information content (AvgIpc) is 3.55. The van der Waals surface area contributed by atoms with Crippen LogP contribution in [0.25, 0.3) is 33.3 Å². The lowest BCUT2D eigenvalue weighted by Crippen LogP contribution is -2.43. The SMILES string of the molecule is O=S(=O)(Oc1ccnc2ccc(-c3cn(C(c4ccccc4)(c4ccccc4)C4C=CC=CC4)nc3-c3ccc(F)cc3)cc12)C(F)(F)F. The molecule has 0 aliphatic heterocycles. The molecular weight excluding hydrogens is 654 g/mol. The predicted molar refractivity (Wildman–Crippen MR) is 179 cm³/mol. The number of aromatic nitrogens is 3. The quantitative estimate of drug-likeness (QED) is 0.0911. The number of benzene rings is 4. The summed E-state index contributed by atoms with van der Waals surface area (Å²) in [6, 6.07) is 31.7. The number of allylic oxidation sites excluding steroid dienone is 4. The Kier molecular flexibility index (Phi) is 8.15. The Morgan fingerprint density at radius 2 is 1.45 bits per heavy atom. The Morgan fingerprint density at radius 1 is 0.796 bits per heavy atom. The Hall–Kier alpha value is -5.55. The fourth-order valence-corrected chi connectivity index (χ4v) is 6.89. The van der Waals surface area contributed by atoms with Gasteiger partial charge < -0.3 is 4.18 Å². The molecule has 4 aromatic carbocycles. The van der Waals surface area contributed by atoms with E-state index in [9.17, 15) is 26.0 Å². The molecule has 7 rings (SSSR count). The maximum absolute atomic E-state index is 14.2. The Bertz CT molecular complexity index is 2260. The molecule has 0 saturated carbocycles. The number of alkyl halides is 3. The van der Waals surface area contributed by atoms with Crippen LogP contribution >= 0.6 is 0 Å². The molecule has 1 aliphatic rings. The molecule has 0 fully saturated rings. The molecular formula is C38H27F4N3O3S. The molecule has 0 radical (unpaired) electrons. The zero-order chi connectivity index (χ0) is 34.2. The van der Waals surface area contributed by atoms with Crippen LogP contribution in [-0.2, 0) is 15.7 Å². The van der Waals surface area contributed by atoms with Crippen molar-refractivity contribution >= 4 is 21.0 Å². The van der Waals surface area contributed by atoms with Crippen molar-refractivity contribution in [2.24, 2.45) is 5.92 Å². The smallest absolute Gasteiger partial charge is 0.375 e. The summed E-state index contributed by atoms with van der Waals surface area (Å²) in [6.07, 6.45) is 12.0. The zero-order valence-electron chi connectivity index (χ0n) is 25.6. The van der Waals surface area contributed by atoms with E-state index < -0.39 is 32.7 Å². The van der Waals surface area contributed by atoms with Gasteiger partial charge in [0.15, 0.2) is 5.75 Å². The van der Waals surface area contributed by atoms with Gasteiger partial charge in [-0.3, -0.25) is 9.67 Å². The number of halogens is 4. The van der Waals surface area contributed by atoms with Crippen molar-refractivity contribution in [1.82, 2.24) is 14.8 Å². The Morgan fingerprint density at radius 3 is 2.06 bits per heavy atom. The van der Waals surface area contributed by atoms with Crippen LogP contribution in [0.2, 0.25) is 0 Å². The Balaban J connectivity index is 1.51. The van der Waals surface area contributed by atoms with E-state index in [-0.39, 0.29) is 16.8 Å². The van der Waals surface area contributed by atoms with E-state index in [0.717, 1.165) is 17.2 Å². The lowest BCUT2D eigenvalue weighted by molar-refractivity contribution is -0.0499. The highest BCUT2D eigenvalue weighted by Crippen LogP contribution is 2.46. The van der Waals surface area contributed by atoms with Crippen LogP contribution < -0.4 is 4.18 Å². The molecule has 6 nitrogen and oxygen atoms in total. The molecule has 2 aromatic heterocycles. The number of rotatable bonds is 8. The van der Waals surface area contributed by atoms with Gasteiger partial charge in [0, 0.05) is 40.9 Å². The predicted octanol–water partition coefficient (Wildman–Crippen LogP) is 9.06. The van der Waals surface area contributed by atoms with Gasteiger partial charge in [-0.2, -0.15) is 26.7 Å². The number of nitrogens with zero attached hydrogens (tertiary/aromatic N) is 3. The van der Waals surface area contributed by atoms with E-state index >= 15 is 0 Å². The van der Waals surface area contributed by atoms with E-state index in [4.69, 9.17) is 5.10 Å². The third-order valence-corrected chi connectivity index (χ3v) is 9.60. The first-order valence-corrected chi connectivity index (χ1v) is 16.7. The zero-order valence-corrected chi connectivity index (χ0v) is 26.4. The van der Waals surface area contributed by atoms with E-state index in [0.29, 0.717) is 28.8 Å². The maximum Gasteiger partial charge on any atom is 0.534 e. The molecule has 0 saturated heterocycles. The molecule has 11 heteroatoms. The number of pyridine rings is 1. The molecule has 0 amide bonds. The summed E-state index contributed by atoms with van der Waals surface area (Å²) in [7, 11) is -5.96. The van der Waals surface area contributed by atoms with E-state index in [2.05, 4.69) is 21.3 Å². The summed E-state index contributed by atoms with van der Waals surface area (Å²) < 4.78 is 84.6. The molecule has 1 aliphatic carbocycles. The van der Waals surface area contributed by atoms with Crippen molar-refractivity contribution < 1.29 is 30.2 Å². The van der Waals surface area contributed by atoms with Crippen LogP contribution in [0.5, 0.6) is 5.75 Å². The molecule has 49 heavy (non-hydrogen) atoms. The second kappa shape index (κ2) is 12.5. The van der Waals surface area contributed by atoms with Gasteiger partial charge in [0.1, 0.15) is 17.1 Å². The van der Waals surface area contributed by atoms with Crippen LogP contribution in [0.15, 0.2) is 146 Å². The van der Waals surface area contributed by atoms with Crippen LogP contribution in [0.3, 0.4) is 0 Å². The molecule has 1 atom stereocenters. The van der Waals surface area contributed by atoms with Crippen LogP contribution in [0.1, 0.15) is 17.5 Å². The Labute approximate surface area is 279 Å². The number of hydrogen-bond donors (Lipinski definition) is 0. The largest absolute Gasteiger partial charge is 0.534 e. The number of fused-ring (bicyclic) bond motifs is 1. The van der Waals surface area contributed by atoms with Crippen LogP contribution in [-0.4, -0.2) is 28.7 Å². The van der Waals surface area contributed by atoms with Crippen molar-refractivity contribution in [3.63, 3.8) is 0 Å². The van der Waals surface area contributed by atoms with E-state index in [1.165, 1.54) is 24.4 Å². The van der Waals surface area contributed by atoms with Crippen molar-refractivity contribution in [2.75, 3.05) is 0 Å². The van der Waals surface area contributed by atoms with Gasteiger partial charge in [0.2, 0.25) is 0 Å². The maximum atomic E-state index is 14.2. The van der Waals surface area contributed by atoms with Crippen molar-refractivity contribution in [3.8, 4) is 28.1 Å². The molecule has 6 aromatic rings. The average molecular weight is 682 g/mol. The topological polar surface area (TPSA) is 74.1 Å². The highest BCUT2D eigenvalue weighted by molar-refractivity contribution is 7.88. The van der Waals surface area contributed by atoms with Crippen molar-refractivity contribution in [1.29, 1.82) is 0 Å². The third-order valence-electron chi connectivity index (χ3n) is 8.63. The minimum atomic E-state index is -5.96. The van der Waals surface area contributed by atoms with Gasteiger partial charge in [-0.05, 0) is 59.5 Å². The van der Waals surface area contributed by atoms with Crippen LogP contribution in [0, 0.1) is 11.7 Å². The fourth-order valence-electron chi connectivity index (χ4n) is 6.42. The molecule has 0 N–H and O–H groups in total. The summed E-state index contributed by atoms with van der Waals surface area (Å²) in [6.45, 7) is 0. The van der Waals surface area contributed by atoms with Gasteiger partial charge in [0.05, 0.1) is 5.52 Å². The summed E-state index contributed by atoms with van der Waals surface area (Å²) >= 11 is 0. The summed E-state index contributed by atoms with van der Waals surface area (Å²) in [5.74, 6) is -1.07. The van der Waals surface area contributed by atoms with Gasteiger partial charge >= 0.3 is 15.6 Å². The summed E-state index contributed by atoms with van der Waals surface area (Å²) in [4.78, 5) is 4.21. The van der Waals surface area contributed by atoms with E-state index in [1.54, 1.807) is 24.3 Å². The molecule has 1 unspecified atom stereocenters. The van der Waals surface area contributed by atoms with Gasteiger partial charge in [0.25, 0.3) is 0 Å². The highest BCUT2D eigenvalue weighted by Gasteiger charge is 2.49. The first-order valence-electron chi connectivity index (χ1n) is 15.3. The first-order chi connectivity index (χ1) is 23.6. The molecule has 246 valence electrons. The summed E-state index contributed by atoms with van der Waals surface area (Å²) in [5.41, 5.74) is -2.25. The molecule has 2 heterocycles. The monoisotopic (exact) mass is 681 g/mol. The normalized spacial score (nSPS) is 15.1. The molecule has 0 bridgehead atoms. The summed E-state index contributed by atoms with van der Waals surface area (Å²) in [5, 5.41) is 5.27. The van der Waals surface area contributed by atoms with Crippen LogP contribution in [0.4, 0.5) is 17.6 Å². The van der Waals surface area contributed by atoms with Gasteiger partial charge in [-0.25, -0.2) is 4.39 Å². The van der Waals surface area contributed by atoms with E-state index in [1.807, 2.05) is 83.7 Å². The first kappa shape index (κ1) is 32.0. The standard InChI is InChI=1S/C38H27F4N3O3S/c39-31-19-16-26(17-20-31)36-33(27-18-21-34-32(24-27)35(22-23-43-34)48-49(46,47)38(40,41)42)25-45(44-36)37(28-10-4-1-5-11-28,29-12-6-2-7-13-29)30-14-8-3-9-15-30/h1-14,16-25,30H,15H2. The molecule has 0 spiro atoms. The second-order valence-corrected chi connectivity index (χ2v) is 13.1. The van der Waals surface area contributed by atoms with Gasteiger partial charge in [-0.1, -0.05) is 91.0 Å². The fraction of sp³-hybridized carbons (Fsp3) is 0.105. The highest BCUT2D eigenvalue weighted by atomic mass is 32.2.